The lowest BCUT2D eigenvalue weighted by Gasteiger charge is -2.14. The first-order valence-corrected chi connectivity index (χ1v) is 5.99. The average molecular weight is 225 g/mol. The number of urea groups is 1. The lowest BCUT2D eigenvalue weighted by atomic mass is 10.2. The fourth-order valence-corrected chi connectivity index (χ4v) is 2.12. The zero-order chi connectivity index (χ0) is 11.5. The second kappa shape index (κ2) is 4.72. The lowest BCUT2D eigenvalue weighted by Crippen LogP contribution is -2.40. The van der Waals surface area contributed by atoms with E-state index in [1.165, 1.54) is 12.8 Å². The van der Waals surface area contributed by atoms with Crippen molar-refractivity contribution in [2.75, 3.05) is 13.1 Å². The molecule has 0 radical (unpaired) electrons. The van der Waals surface area contributed by atoms with Crippen LogP contribution < -0.4 is 11.1 Å². The van der Waals surface area contributed by atoms with Crippen molar-refractivity contribution in [2.24, 2.45) is 11.7 Å². The molecule has 1 heterocycles. The number of rotatable bonds is 4. The van der Waals surface area contributed by atoms with E-state index < -0.39 is 6.03 Å². The summed E-state index contributed by atoms with van der Waals surface area (Å²) in [5, 5.41) is 2.96. The first kappa shape index (κ1) is 11.2. The van der Waals surface area contributed by atoms with E-state index in [4.69, 9.17) is 5.73 Å². The largest absolute Gasteiger partial charge is 0.352 e. The van der Waals surface area contributed by atoms with Crippen LogP contribution in [0.4, 0.5) is 4.79 Å². The van der Waals surface area contributed by atoms with E-state index in [1.54, 1.807) is 4.90 Å². The van der Waals surface area contributed by atoms with Gasteiger partial charge in [-0.25, -0.2) is 4.79 Å². The van der Waals surface area contributed by atoms with Crippen molar-refractivity contribution in [3.8, 4) is 0 Å². The van der Waals surface area contributed by atoms with Gasteiger partial charge in [-0.2, -0.15) is 0 Å². The van der Waals surface area contributed by atoms with Crippen LogP contribution in [0, 0.1) is 5.92 Å². The third kappa shape index (κ3) is 3.12. The molecule has 1 saturated heterocycles. The molecule has 1 saturated carbocycles. The highest BCUT2D eigenvalue weighted by molar-refractivity contribution is 5.77. The van der Waals surface area contributed by atoms with Crippen molar-refractivity contribution < 1.29 is 9.59 Å². The maximum atomic E-state index is 11.6. The van der Waals surface area contributed by atoms with Crippen LogP contribution in [0.1, 0.15) is 32.1 Å². The molecule has 2 fully saturated rings. The van der Waals surface area contributed by atoms with E-state index in [-0.39, 0.29) is 11.9 Å². The predicted octanol–water partition coefficient (Wildman–Crippen LogP) is 0.446. The number of carbonyl (C=O) groups excluding carboxylic acids is 2. The van der Waals surface area contributed by atoms with E-state index >= 15 is 0 Å². The van der Waals surface area contributed by atoms with Crippen LogP contribution in [0.2, 0.25) is 0 Å². The number of hydrogen-bond donors (Lipinski definition) is 2. The molecule has 1 unspecified atom stereocenters. The molecule has 2 aliphatic rings. The molecule has 0 spiro atoms. The van der Waals surface area contributed by atoms with Gasteiger partial charge in [-0.1, -0.05) is 12.8 Å². The zero-order valence-corrected chi connectivity index (χ0v) is 9.45. The van der Waals surface area contributed by atoms with Crippen molar-refractivity contribution in [2.45, 2.75) is 38.1 Å². The highest BCUT2D eigenvalue weighted by Crippen LogP contribution is 2.33. The standard InChI is InChI=1S/C11H19N3O2/c12-11(16)14-6-5-9(7-14)13-10(15)4-3-8-1-2-8/h8-9H,1-7H2,(H2,12,16)(H,13,15). The first-order valence-electron chi connectivity index (χ1n) is 5.99. The van der Waals surface area contributed by atoms with Gasteiger partial charge in [0.1, 0.15) is 0 Å². The molecule has 1 aliphatic heterocycles. The normalized spacial score (nSPS) is 24.5. The van der Waals surface area contributed by atoms with E-state index in [2.05, 4.69) is 5.32 Å². The zero-order valence-electron chi connectivity index (χ0n) is 9.45. The Labute approximate surface area is 95.3 Å². The Morgan fingerprint density at radius 2 is 2.06 bits per heavy atom. The number of nitrogens with one attached hydrogen (secondary N) is 1. The molecule has 90 valence electrons. The number of nitrogens with zero attached hydrogens (tertiary/aromatic N) is 1. The van der Waals surface area contributed by atoms with E-state index in [1.807, 2.05) is 0 Å². The summed E-state index contributed by atoms with van der Waals surface area (Å²) in [6, 6.07) is -0.297. The molecule has 3 N–H and O–H groups in total. The maximum absolute atomic E-state index is 11.6. The highest BCUT2D eigenvalue weighted by atomic mass is 16.2. The third-order valence-corrected chi connectivity index (χ3v) is 3.34. The molecular weight excluding hydrogens is 206 g/mol. The molecule has 2 rings (SSSR count). The topological polar surface area (TPSA) is 75.4 Å². The SMILES string of the molecule is NC(=O)N1CCC(NC(=O)CCC2CC2)C1. The molecule has 1 atom stereocenters. The number of nitrogens with two attached hydrogens (primary N) is 1. The number of hydrogen-bond acceptors (Lipinski definition) is 2. The molecule has 0 aromatic rings. The molecule has 0 aromatic carbocycles. The molecule has 0 aromatic heterocycles. The quantitative estimate of drug-likeness (QED) is 0.728. The van der Waals surface area contributed by atoms with Gasteiger partial charge in [0.15, 0.2) is 0 Å². The number of primary amides is 1. The molecule has 5 nitrogen and oxygen atoms in total. The summed E-state index contributed by atoms with van der Waals surface area (Å²) in [7, 11) is 0. The van der Waals surface area contributed by atoms with Crippen LogP contribution in [0.5, 0.6) is 0 Å². The molecule has 5 heteroatoms. The predicted molar refractivity (Wildman–Crippen MR) is 59.7 cm³/mol. The number of amides is 3. The van der Waals surface area contributed by atoms with Gasteiger partial charge in [-0.15, -0.1) is 0 Å². The Kier molecular flexibility index (Phi) is 3.31. The van der Waals surface area contributed by atoms with Crippen molar-refractivity contribution >= 4 is 11.9 Å². The van der Waals surface area contributed by atoms with Crippen LogP contribution in [0.15, 0.2) is 0 Å². The average Bonchev–Trinajstić information content (AvgIpc) is 2.95. The van der Waals surface area contributed by atoms with Gasteiger partial charge in [-0.3, -0.25) is 4.79 Å². The Hall–Kier alpha value is -1.26. The van der Waals surface area contributed by atoms with Crippen LogP contribution in [0.25, 0.3) is 0 Å². The van der Waals surface area contributed by atoms with Gasteiger partial charge in [-0.05, 0) is 18.8 Å². The maximum Gasteiger partial charge on any atom is 0.314 e. The highest BCUT2D eigenvalue weighted by Gasteiger charge is 2.27. The van der Waals surface area contributed by atoms with Crippen molar-refractivity contribution in [3.63, 3.8) is 0 Å². The summed E-state index contributed by atoms with van der Waals surface area (Å²) in [5.74, 6) is 0.902. The fraction of sp³-hybridized carbons (Fsp3) is 0.818. The summed E-state index contributed by atoms with van der Waals surface area (Å²) in [5.41, 5.74) is 5.17. The van der Waals surface area contributed by atoms with Gasteiger partial charge < -0.3 is 16.0 Å². The molecule has 1 aliphatic carbocycles. The van der Waals surface area contributed by atoms with Crippen LogP contribution in [0.3, 0.4) is 0 Å². The monoisotopic (exact) mass is 225 g/mol. The summed E-state index contributed by atoms with van der Waals surface area (Å²) < 4.78 is 0. The second-order valence-corrected chi connectivity index (χ2v) is 4.82. The Morgan fingerprint density at radius 1 is 1.31 bits per heavy atom. The number of carbonyl (C=O) groups is 2. The van der Waals surface area contributed by atoms with Crippen molar-refractivity contribution in [1.82, 2.24) is 10.2 Å². The van der Waals surface area contributed by atoms with Crippen LogP contribution in [-0.2, 0) is 4.79 Å². The van der Waals surface area contributed by atoms with Gasteiger partial charge in [0.05, 0.1) is 0 Å². The Bertz CT molecular complexity index is 289. The van der Waals surface area contributed by atoms with E-state index in [0.717, 1.165) is 18.8 Å². The van der Waals surface area contributed by atoms with Gasteiger partial charge in [0.2, 0.25) is 5.91 Å². The minimum absolute atomic E-state index is 0.0965. The van der Waals surface area contributed by atoms with Crippen molar-refractivity contribution in [3.05, 3.63) is 0 Å². The first-order chi connectivity index (χ1) is 7.65. The minimum atomic E-state index is -0.394. The van der Waals surface area contributed by atoms with Crippen LogP contribution in [-0.4, -0.2) is 36.0 Å². The summed E-state index contributed by atoms with van der Waals surface area (Å²) in [4.78, 5) is 24.0. The number of likely N-dealkylation sites (tertiary alicyclic amines) is 1. The third-order valence-electron chi connectivity index (χ3n) is 3.34. The Morgan fingerprint density at radius 3 is 2.62 bits per heavy atom. The summed E-state index contributed by atoms with van der Waals surface area (Å²) in [6.07, 6.45) is 5.02. The Balaban J connectivity index is 1.65. The molecular formula is C11H19N3O2. The van der Waals surface area contributed by atoms with E-state index in [9.17, 15) is 9.59 Å². The molecule has 0 bridgehead atoms. The van der Waals surface area contributed by atoms with Crippen molar-refractivity contribution in [1.29, 1.82) is 0 Å². The summed E-state index contributed by atoms with van der Waals surface area (Å²) in [6.45, 7) is 1.22. The smallest absolute Gasteiger partial charge is 0.314 e. The van der Waals surface area contributed by atoms with E-state index in [0.29, 0.717) is 19.5 Å². The van der Waals surface area contributed by atoms with Gasteiger partial charge in [0.25, 0.3) is 0 Å². The van der Waals surface area contributed by atoms with Gasteiger partial charge in [0, 0.05) is 25.6 Å². The minimum Gasteiger partial charge on any atom is -0.352 e. The fourth-order valence-electron chi connectivity index (χ4n) is 2.12. The summed E-state index contributed by atoms with van der Waals surface area (Å²) >= 11 is 0. The molecule has 16 heavy (non-hydrogen) atoms. The molecule has 3 amide bonds. The van der Waals surface area contributed by atoms with Gasteiger partial charge >= 0.3 is 6.03 Å². The van der Waals surface area contributed by atoms with Crippen LogP contribution >= 0.6 is 0 Å². The second-order valence-electron chi connectivity index (χ2n) is 4.82. The lowest BCUT2D eigenvalue weighted by molar-refractivity contribution is -0.121.